The quantitative estimate of drug-likeness (QED) is 0.766. The second kappa shape index (κ2) is 5.83. The highest BCUT2D eigenvalue weighted by Gasteiger charge is 2.09. The molecule has 0 fully saturated rings. The van der Waals surface area contributed by atoms with Gasteiger partial charge in [-0.25, -0.2) is 4.39 Å². The van der Waals surface area contributed by atoms with Crippen LogP contribution in [0, 0.1) is 5.82 Å². The van der Waals surface area contributed by atoms with Gasteiger partial charge in [0, 0.05) is 17.9 Å². The van der Waals surface area contributed by atoms with Crippen molar-refractivity contribution in [2.45, 2.75) is 18.3 Å². The molecule has 0 spiro atoms. The highest BCUT2D eigenvalue weighted by molar-refractivity contribution is 9.09. The summed E-state index contributed by atoms with van der Waals surface area (Å²) < 4.78 is 13.1. The number of hydrogen-bond donors (Lipinski definition) is 0. The smallest absolute Gasteiger partial charge is 0.142 e. The van der Waals surface area contributed by atoms with Crippen molar-refractivity contribution in [1.82, 2.24) is 4.90 Å². The van der Waals surface area contributed by atoms with Crippen molar-refractivity contribution in [3.8, 4) is 0 Å². The first-order chi connectivity index (χ1) is 7.00. The molecule has 0 heterocycles. The minimum absolute atomic E-state index is 0.228. The summed E-state index contributed by atoms with van der Waals surface area (Å²) >= 11 is 9.33. The Kier molecular flexibility index (Phi) is 5.03. The third-order valence-corrected chi connectivity index (χ3v) is 2.75. The van der Waals surface area contributed by atoms with Crippen LogP contribution in [0.5, 0.6) is 0 Å². The third-order valence-electron chi connectivity index (χ3n) is 2.04. The fourth-order valence-electron chi connectivity index (χ4n) is 1.46. The fraction of sp³-hybridized carbons (Fsp3) is 0.455. The van der Waals surface area contributed by atoms with E-state index in [-0.39, 0.29) is 10.8 Å². The molecule has 1 aromatic rings. The van der Waals surface area contributed by atoms with E-state index in [1.165, 1.54) is 6.07 Å². The van der Waals surface area contributed by atoms with E-state index in [0.717, 1.165) is 12.1 Å². The standard InChI is InChI=1S/C11H14BrClFN/c1-8(12)6-15(2)7-9-4-3-5-10(14)11(9)13/h3-5,8H,6-7H2,1-2H3. The van der Waals surface area contributed by atoms with Crippen molar-refractivity contribution in [3.63, 3.8) is 0 Å². The van der Waals surface area contributed by atoms with Crippen LogP contribution in [0.2, 0.25) is 5.02 Å². The van der Waals surface area contributed by atoms with Crippen LogP contribution < -0.4 is 0 Å². The number of rotatable bonds is 4. The number of benzene rings is 1. The summed E-state index contributed by atoms with van der Waals surface area (Å²) in [5.74, 6) is -0.352. The van der Waals surface area contributed by atoms with E-state index in [2.05, 4.69) is 27.8 Å². The lowest BCUT2D eigenvalue weighted by molar-refractivity contribution is 0.332. The van der Waals surface area contributed by atoms with Gasteiger partial charge in [0.15, 0.2) is 0 Å². The molecule has 0 aromatic heterocycles. The molecule has 0 radical (unpaired) electrons. The van der Waals surface area contributed by atoms with Crippen LogP contribution in [0.4, 0.5) is 4.39 Å². The molecule has 0 N–H and O–H groups in total. The van der Waals surface area contributed by atoms with Crippen molar-refractivity contribution in [3.05, 3.63) is 34.6 Å². The molecule has 84 valence electrons. The fourth-order valence-corrected chi connectivity index (χ4v) is 2.14. The molecule has 0 saturated heterocycles. The summed E-state index contributed by atoms with van der Waals surface area (Å²) in [6.07, 6.45) is 0. The Balaban J connectivity index is 2.68. The molecule has 1 nitrogen and oxygen atoms in total. The monoisotopic (exact) mass is 293 g/mol. The van der Waals surface area contributed by atoms with Crippen molar-refractivity contribution < 1.29 is 4.39 Å². The first-order valence-corrected chi connectivity index (χ1v) is 6.05. The lowest BCUT2D eigenvalue weighted by Crippen LogP contribution is -2.24. The molecule has 0 aliphatic carbocycles. The molecule has 15 heavy (non-hydrogen) atoms. The minimum atomic E-state index is -0.352. The maximum Gasteiger partial charge on any atom is 0.142 e. The van der Waals surface area contributed by atoms with Crippen LogP contribution in [-0.2, 0) is 6.54 Å². The second-order valence-corrected chi connectivity index (χ2v) is 5.63. The molecule has 0 saturated carbocycles. The van der Waals surface area contributed by atoms with Crippen LogP contribution in [0.25, 0.3) is 0 Å². The Morgan fingerprint density at radius 1 is 1.53 bits per heavy atom. The Bertz CT molecular complexity index is 330. The molecular formula is C11H14BrClFN. The van der Waals surface area contributed by atoms with Crippen LogP contribution in [-0.4, -0.2) is 23.3 Å². The van der Waals surface area contributed by atoms with Gasteiger partial charge in [0.05, 0.1) is 5.02 Å². The predicted molar refractivity (Wildman–Crippen MR) is 66.1 cm³/mol. The summed E-state index contributed by atoms with van der Waals surface area (Å²) in [4.78, 5) is 2.51. The van der Waals surface area contributed by atoms with Gasteiger partial charge in [0.1, 0.15) is 5.82 Å². The summed E-state index contributed by atoms with van der Waals surface area (Å²) in [5, 5.41) is 0.228. The van der Waals surface area contributed by atoms with Gasteiger partial charge in [-0.1, -0.05) is 46.6 Å². The zero-order valence-corrected chi connectivity index (χ0v) is 11.1. The molecule has 1 aromatic carbocycles. The SMILES string of the molecule is CC(Br)CN(C)Cc1cccc(F)c1Cl. The van der Waals surface area contributed by atoms with Crippen LogP contribution in [0.1, 0.15) is 12.5 Å². The Labute approximate surface area is 103 Å². The highest BCUT2D eigenvalue weighted by Crippen LogP contribution is 2.20. The van der Waals surface area contributed by atoms with Crippen LogP contribution in [0.3, 0.4) is 0 Å². The van der Waals surface area contributed by atoms with E-state index in [0.29, 0.717) is 11.4 Å². The molecule has 4 heteroatoms. The first kappa shape index (κ1) is 12.9. The average molecular weight is 295 g/mol. The van der Waals surface area contributed by atoms with E-state index >= 15 is 0 Å². The summed E-state index contributed by atoms with van der Waals surface area (Å²) in [7, 11) is 1.99. The third kappa shape index (κ3) is 4.09. The summed E-state index contributed by atoms with van der Waals surface area (Å²) in [5.41, 5.74) is 0.826. The molecule has 0 amide bonds. The van der Waals surface area contributed by atoms with Crippen molar-refractivity contribution in [1.29, 1.82) is 0 Å². The highest BCUT2D eigenvalue weighted by atomic mass is 79.9. The Hall–Kier alpha value is -0.120. The minimum Gasteiger partial charge on any atom is -0.301 e. The van der Waals surface area contributed by atoms with Crippen molar-refractivity contribution >= 4 is 27.5 Å². The second-order valence-electron chi connectivity index (χ2n) is 3.69. The van der Waals surface area contributed by atoms with Crippen molar-refractivity contribution in [2.24, 2.45) is 0 Å². The topological polar surface area (TPSA) is 3.24 Å². The normalized spacial score (nSPS) is 13.2. The summed E-state index contributed by atoms with van der Waals surface area (Å²) in [6.45, 7) is 3.63. The van der Waals surface area contributed by atoms with E-state index in [4.69, 9.17) is 11.6 Å². The van der Waals surface area contributed by atoms with Crippen LogP contribution in [0.15, 0.2) is 18.2 Å². The van der Waals surface area contributed by atoms with E-state index in [1.54, 1.807) is 6.07 Å². The van der Waals surface area contributed by atoms with Gasteiger partial charge in [-0.2, -0.15) is 0 Å². The van der Waals surface area contributed by atoms with E-state index in [9.17, 15) is 4.39 Å². The van der Waals surface area contributed by atoms with E-state index in [1.807, 2.05) is 13.1 Å². The van der Waals surface area contributed by atoms with E-state index < -0.39 is 0 Å². The predicted octanol–water partition coefficient (Wildman–Crippen LogP) is 3.69. The first-order valence-electron chi connectivity index (χ1n) is 4.76. The van der Waals surface area contributed by atoms with Crippen molar-refractivity contribution in [2.75, 3.05) is 13.6 Å². The zero-order chi connectivity index (χ0) is 11.4. The lowest BCUT2D eigenvalue weighted by atomic mass is 10.2. The molecule has 0 aliphatic rings. The van der Waals surface area contributed by atoms with Gasteiger partial charge >= 0.3 is 0 Å². The molecular weight excluding hydrogens is 280 g/mol. The Morgan fingerprint density at radius 3 is 2.80 bits per heavy atom. The maximum atomic E-state index is 13.1. The Morgan fingerprint density at radius 2 is 2.20 bits per heavy atom. The molecule has 1 atom stereocenters. The van der Waals surface area contributed by atoms with Gasteiger partial charge < -0.3 is 4.90 Å². The summed E-state index contributed by atoms with van der Waals surface area (Å²) in [6, 6.07) is 4.90. The molecule has 1 rings (SSSR count). The molecule has 0 aliphatic heterocycles. The number of nitrogens with zero attached hydrogens (tertiary/aromatic N) is 1. The number of hydrogen-bond acceptors (Lipinski definition) is 1. The molecule has 0 bridgehead atoms. The largest absolute Gasteiger partial charge is 0.301 e. The maximum absolute atomic E-state index is 13.1. The number of alkyl halides is 1. The van der Waals surface area contributed by atoms with Gasteiger partial charge in [-0.05, 0) is 18.7 Å². The van der Waals surface area contributed by atoms with Gasteiger partial charge in [-0.15, -0.1) is 0 Å². The van der Waals surface area contributed by atoms with Gasteiger partial charge in [0.25, 0.3) is 0 Å². The average Bonchev–Trinajstić information content (AvgIpc) is 2.11. The lowest BCUT2D eigenvalue weighted by Gasteiger charge is -2.18. The molecule has 1 unspecified atom stereocenters. The van der Waals surface area contributed by atoms with Gasteiger partial charge in [0.2, 0.25) is 0 Å². The van der Waals surface area contributed by atoms with Gasteiger partial charge in [-0.3, -0.25) is 0 Å². The number of halogens is 3. The van der Waals surface area contributed by atoms with Crippen LogP contribution >= 0.6 is 27.5 Å². The zero-order valence-electron chi connectivity index (χ0n) is 8.80.